The Morgan fingerprint density at radius 3 is 0.907 bits per heavy atom. The van der Waals surface area contributed by atoms with Crippen LogP contribution in [-0.4, -0.2) is 193 Å². The lowest BCUT2D eigenvalue weighted by molar-refractivity contribution is -0.379. The van der Waals surface area contributed by atoms with Gasteiger partial charge in [-0.25, -0.2) is 0 Å². The first-order chi connectivity index (χ1) is 52.3. The Hall–Kier alpha value is -1.73. The van der Waals surface area contributed by atoms with E-state index in [1.807, 2.05) is 6.08 Å². The van der Waals surface area contributed by atoms with Gasteiger partial charge < -0.3 is 89.9 Å². The maximum absolute atomic E-state index is 13.5. The minimum Gasteiger partial charge on any atom is -0.394 e. The van der Waals surface area contributed by atoms with Gasteiger partial charge in [0.15, 0.2) is 18.9 Å². The molecule has 3 aliphatic rings. The Kier molecular flexibility index (Phi) is 63.8. The van der Waals surface area contributed by atoms with Crippen molar-refractivity contribution in [3.63, 3.8) is 0 Å². The average Bonchev–Trinajstić information content (AvgIpc) is 0.780. The molecule has 12 N–H and O–H groups in total. The Bertz CT molecular complexity index is 2020. The van der Waals surface area contributed by atoms with Gasteiger partial charge in [-0.15, -0.1) is 0 Å². The smallest absolute Gasteiger partial charge is 0.220 e. The first-order valence-corrected chi connectivity index (χ1v) is 45.1. The molecule has 632 valence electrons. The van der Waals surface area contributed by atoms with Gasteiger partial charge in [-0.2, -0.15) is 0 Å². The molecule has 0 spiro atoms. The molecule has 3 rings (SSSR count). The molecule has 3 aliphatic heterocycles. The lowest BCUT2D eigenvalue weighted by Crippen LogP contribution is -2.66. The topological polar surface area (TPSA) is 307 Å². The van der Waals surface area contributed by atoms with Crippen molar-refractivity contribution >= 4 is 5.91 Å². The molecular weight excluding hydrogens is 1360 g/mol. The molecule has 0 aliphatic carbocycles. The van der Waals surface area contributed by atoms with Crippen LogP contribution in [0.4, 0.5) is 0 Å². The largest absolute Gasteiger partial charge is 0.394 e. The fourth-order valence-corrected chi connectivity index (χ4v) is 15.5. The highest BCUT2D eigenvalue weighted by Crippen LogP contribution is 2.34. The molecule has 0 aromatic carbocycles. The van der Waals surface area contributed by atoms with Crippen molar-refractivity contribution < 1.29 is 89.4 Å². The summed E-state index contributed by atoms with van der Waals surface area (Å²) in [5, 5.41) is 121. The number of nitrogens with one attached hydrogen (secondary N) is 1. The summed E-state index contributed by atoms with van der Waals surface area (Å²) in [4.78, 5) is 13.5. The number of aliphatic hydroxyl groups is 11. The summed E-state index contributed by atoms with van der Waals surface area (Å²) in [6.45, 7) is 1.81. The fourth-order valence-electron chi connectivity index (χ4n) is 15.5. The van der Waals surface area contributed by atoms with Crippen LogP contribution in [0.3, 0.4) is 0 Å². The van der Waals surface area contributed by atoms with E-state index in [4.69, 9.17) is 28.4 Å². The zero-order valence-corrected chi connectivity index (χ0v) is 68.2. The van der Waals surface area contributed by atoms with Gasteiger partial charge in [0.05, 0.1) is 38.6 Å². The second kappa shape index (κ2) is 68.7. The number of ether oxygens (including phenoxy) is 6. The van der Waals surface area contributed by atoms with Gasteiger partial charge in [0.1, 0.15) is 73.2 Å². The molecular formula is C88H167NO18. The highest BCUT2D eigenvalue weighted by Gasteiger charge is 2.54. The Balaban J connectivity index is 1.33. The minimum atomic E-state index is -1.98. The summed E-state index contributed by atoms with van der Waals surface area (Å²) in [6.07, 6.45) is 59.0. The van der Waals surface area contributed by atoms with Crippen LogP contribution in [0.1, 0.15) is 399 Å². The van der Waals surface area contributed by atoms with Crippen molar-refractivity contribution in [2.24, 2.45) is 0 Å². The number of rotatable bonds is 74. The Morgan fingerprint density at radius 1 is 0.327 bits per heavy atom. The van der Waals surface area contributed by atoms with Crippen LogP contribution in [0.2, 0.25) is 0 Å². The molecule has 19 heteroatoms. The van der Waals surface area contributed by atoms with Crippen molar-refractivity contribution in [2.75, 3.05) is 26.4 Å². The first kappa shape index (κ1) is 99.5. The van der Waals surface area contributed by atoms with Crippen molar-refractivity contribution in [1.29, 1.82) is 0 Å². The van der Waals surface area contributed by atoms with E-state index in [9.17, 15) is 61.0 Å². The second-order valence-corrected chi connectivity index (χ2v) is 32.4. The van der Waals surface area contributed by atoms with Crippen LogP contribution in [0.5, 0.6) is 0 Å². The van der Waals surface area contributed by atoms with E-state index in [-0.39, 0.29) is 18.9 Å². The number of amides is 1. The molecule has 17 unspecified atom stereocenters. The zero-order valence-electron chi connectivity index (χ0n) is 68.2. The maximum Gasteiger partial charge on any atom is 0.220 e. The molecule has 1 amide bonds. The van der Waals surface area contributed by atoms with Crippen molar-refractivity contribution in [3.05, 3.63) is 24.3 Å². The molecule has 0 saturated carbocycles. The van der Waals surface area contributed by atoms with Crippen LogP contribution in [-0.2, 0) is 33.2 Å². The van der Waals surface area contributed by atoms with Crippen molar-refractivity contribution in [2.45, 2.75) is 503 Å². The predicted molar refractivity (Wildman–Crippen MR) is 430 cm³/mol. The molecule has 3 heterocycles. The van der Waals surface area contributed by atoms with E-state index >= 15 is 0 Å². The molecule has 0 radical (unpaired) electrons. The number of carbonyl (C=O) groups excluding carboxylic acids is 1. The lowest BCUT2D eigenvalue weighted by Gasteiger charge is -2.48. The molecule has 3 saturated heterocycles. The summed E-state index contributed by atoms with van der Waals surface area (Å²) in [5.74, 6) is -0.266. The van der Waals surface area contributed by atoms with E-state index in [1.165, 1.54) is 327 Å². The SMILES string of the molecule is CCCCCCCCCC/C=C\CCCCCCCCCCCCCCCCCCCCCC(=O)NC(COC1OC(CO)C(OC2OC(CO)C(OC3OC(CO)C(O)C(O)C3O)C(O)C2O)C(O)C1O)C(O)/C=C/CCCCCCCCCCCCCCCCCCCCCCCCCCCCCCC. The third-order valence-corrected chi connectivity index (χ3v) is 22.7. The summed E-state index contributed by atoms with van der Waals surface area (Å²) in [6, 6.07) is -0.973. The quantitative estimate of drug-likeness (QED) is 0.0199. The number of carbonyl (C=O) groups is 1. The van der Waals surface area contributed by atoms with Crippen molar-refractivity contribution in [3.8, 4) is 0 Å². The number of allylic oxidation sites excluding steroid dienone is 3. The molecule has 3 fully saturated rings. The van der Waals surface area contributed by atoms with Gasteiger partial charge in [-0.1, -0.05) is 372 Å². The zero-order chi connectivity index (χ0) is 77.4. The molecule has 107 heavy (non-hydrogen) atoms. The van der Waals surface area contributed by atoms with Crippen LogP contribution in [0.15, 0.2) is 24.3 Å². The monoisotopic (exact) mass is 1530 g/mol. The highest BCUT2D eigenvalue weighted by atomic mass is 16.8. The average molecular weight is 1530 g/mol. The van der Waals surface area contributed by atoms with Crippen LogP contribution in [0, 0.1) is 0 Å². The third-order valence-electron chi connectivity index (χ3n) is 22.7. The predicted octanol–water partition coefficient (Wildman–Crippen LogP) is 16.9. The fraction of sp³-hybridized carbons (Fsp3) is 0.943. The van der Waals surface area contributed by atoms with E-state index in [2.05, 4.69) is 31.3 Å². The minimum absolute atomic E-state index is 0.249. The van der Waals surface area contributed by atoms with Crippen LogP contribution < -0.4 is 5.32 Å². The van der Waals surface area contributed by atoms with Gasteiger partial charge in [-0.05, 0) is 44.9 Å². The van der Waals surface area contributed by atoms with E-state index < -0.39 is 124 Å². The summed E-state index contributed by atoms with van der Waals surface area (Å²) in [5.41, 5.74) is 0. The summed E-state index contributed by atoms with van der Waals surface area (Å²) < 4.78 is 34.5. The van der Waals surface area contributed by atoms with Gasteiger partial charge in [0.25, 0.3) is 0 Å². The molecule has 17 atom stereocenters. The summed E-state index contributed by atoms with van der Waals surface area (Å²) >= 11 is 0. The number of aliphatic hydroxyl groups excluding tert-OH is 11. The van der Waals surface area contributed by atoms with Gasteiger partial charge in [0, 0.05) is 6.42 Å². The first-order valence-electron chi connectivity index (χ1n) is 45.1. The lowest BCUT2D eigenvalue weighted by atomic mass is 9.96. The maximum atomic E-state index is 13.5. The van der Waals surface area contributed by atoms with E-state index in [1.54, 1.807) is 6.08 Å². The molecule has 0 aromatic heterocycles. The number of unbranched alkanes of at least 4 members (excludes halogenated alkanes) is 56. The van der Waals surface area contributed by atoms with E-state index in [0.29, 0.717) is 6.42 Å². The Labute approximate surface area is 651 Å². The number of hydrogen-bond donors (Lipinski definition) is 12. The highest BCUT2D eigenvalue weighted by molar-refractivity contribution is 5.76. The standard InChI is InChI=1S/C88H167NO18/c1-3-5-7-9-11-13-15-17-19-21-23-25-27-29-31-33-35-37-39-41-43-45-47-49-51-53-55-57-59-61-63-65-72(93)71(89-76(94)66-64-62-60-58-56-54-52-50-48-46-44-42-40-38-36-34-32-30-28-26-24-22-20-18-16-14-12-10-8-6-4-2)70-102-86-82(100)79(97)84(74(68-91)104-86)107-88-83(101)80(98)85(75(69-92)105-88)106-87-81(99)78(96)77(95)73(67-90)103-87/h22,24,63,65,71-75,77-88,90-93,95-101H,3-21,23,25-62,64,66-70H2,1-2H3,(H,89,94)/b24-22-,65-63+. The molecule has 0 bridgehead atoms. The van der Waals surface area contributed by atoms with Crippen molar-refractivity contribution in [1.82, 2.24) is 5.32 Å². The summed E-state index contributed by atoms with van der Waals surface area (Å²) in [7, 11) is 0. The van der Waals surface area contributed by atoms with Gasteiger partial charge in [-0.3, -0.25) is 4.79 Å². The second-order valence-electron chi connectivity index (χ2n) is 32.4. The van der Waals surface area contributed by atoms with Crippen LogP contribution >= 0.6 is 0 Å². The van der Waals surface area contributed by atoms with Gasteiger partial charge >= 0.3 is 0 Å². The van der Waals surface area contributed by atoms with E-state index in [0.717, 1.165) is 44.9 Å². The normalized spacial score (nSPS) is 25.6. The Morgan fingerprint density at radius 2 is 0.589 bits per heavy atom. The number of hydrogen-bond acceptors (Lipinski definition) is 18. The third kappa shape index (κ3) is 47.7. The van der Waals surface area contributed by atoms with Gasteiger partial charge in [0.2, 0.25) is 5.91 Å². The van der Waals surface area contributed by atoms with Crippen LogP contribution in [0.25, 0.3) is 0 Å². The molecule has 0 aromatic rings. The molecule has 19 nitrogen and oxygen atoms in total.